The number of aliphatic hydroxyl groups is 1. The Morgan fingerprint density at radius 1 is 1.23 bits per heavy atom. The van der Waals surface area contributed by atoms with Crippen molar-refractivity contribution in [2.24, 2.45) is 17.8 Å². The van der Waals surface area contributed by atoms with Gasteiger partial charge < -0.3 is 10.4 Å². The fourth-order valence-electron chi connectivity index (χ4n) is 3.67. The van der Waals surface area contributed by atoms with Crippen LogP contribution in [-0.2, 0) is 0 Å². The van der Waals surface area contributed by atoms with E-state index in [1.165, 1.54) is 25.7 Å². The van der Waals surface area contributed by atoms with Crippen molar-refractivity contribution in [2.75, 3.05) is 13.1 Å². The first-order valence-corrected chi connectivity index (χ1v) is 5.68. The van der Waals surface area contributed by atoms with Gasteiger partial charge >= 0.3 is 0 Å². The average Bonchev–Trinajstić information content (AvgIpc) is 2.62. The molecule has 2 nitrogen and oxygen atoms in total. The molecule has 2 saturated carbocycles. The first kappa shape index (κ1) is 8.25. The molecule has 0 radical (unpaired) electrons. The lowest BCUT2D eigenvalue weighted by Crippen LogP contribution is -2.60. The van der Waals surface area contributed by atoms with Crippen molar-refractivity contribution in [3.8, 4) is 0 Å². The third kappa shape index (κ3) is 1.31. The molecule has 0 spiro atoms. The summed E-state index contributed by atoms with van der Waals surface area (Å²) in [6.07, 6.45) is 6.86. The molecule has 1 saturated heterocycles. The minimum atomic E-state index is -0.324. The monoisotopic (exact) mass is 181 g/mol. The quantitative estimate of drug-likeness (QED) is 0.669. The van der Waals surface area contributed by atoms with Crippen molar-refractivity contribution in [1.29, 1.82) is 0 Å². The first-order chi connectivity index (χ1) is 6.25. The second-order valence-corrected chi connectivity index (χ2v) is 5.47. The smallest absolute Gasteiger partial charge is 0.0897 e. The van der Waals surface area contributed by atoms with Crippen LogP contribution in [0, 0.1) is 17.8 Å². The van der Waals surface area contributed by atoms with Crippen molar-refractivity contribution >= 4 is 0 Å². The van der Waals surface area contributed by atoms with Crippen molar-refractivity contribution in [3.05, 3.63) is 0 Å². The number of hydrogen-bond acceptors (Lipinski definition) is 2. The Hall–Kier alpha value is -0.0800. The zero-order valence-electron chi connectivity index (χ0n) is 8.13. The van der Waals surface area contributed by atoms with Gasteiger partial charge in [-0.1, -0.05) is 6.42 Å². The van der Waals surface area contributed by atoms with E-state index in [1.807, 2.05) is 0 Å². The van der Waals surface area contributed by atoms with Crippen LogP contribution < -0.4 is 5.32 Å². The molecular weight excluding hydrogens is 162 g/mol. The summed E-state index contributed by atoms with van der Waals surface area (Å²) in [5.41, 5.74) is -0.324. The van der Waals surface area contributed by atoms with Crippen molar-refractivity contribution in [1.82, 2.24) is 5.32 Å². The number of hydrogen-bond donors (Lipinski definition) is 2. The van der Waals surface area contributed by atoms with Gasteiger partial charge in [-0.2, -0.15) is 0 Å². The second kappa shape index (κ2) is 2.71. The fraction of sp³-hybridized carbons (Fsp3) is 1.00. The van der Waals surface area contributed by atoms with Crippen LogP contribution in [0.15, 0.2) is 0 Å². The number of β-amino-alcohol motifs (C(OH)–C–C–N with tert-alkyl or cyclic N) is 1. The largest absolute Gasteiger partial charge is 0.387 e. The van der Waals surface area contributed by atoms with E-state index in [4.69, 9.17) is 0 Å². The van der Waals surface area contributed by atoms with Gasteiger partial charge in [-0.15, -0.1) is 0 Å². The number of fused-ring (bicyclic) bond motifs is 2. The van der Waals surface area contributed by atoms with Crippen LogP contribution in [0.25, 0.3) is 0 Å². The van der Waals surface area contributed by atoms with E-state index < -0.39 is 0 Å². The Balaban J connectivity index is 1.61. The molecule has 3 aliphatic rings. The summed E-state index contributed by atoms with van der Waals surface area (Å²) in [6, 6.07) is 0. The summed E-state index contributed by atoms with van der Waals surface area (Å²) in [6.45, 7) is 1.67. The molecule has 3 rings (SSSR count). The standard InChI is InChI=1S/C11H19NO/c13-11(6-12-7-11)5-10-4-8-1-2-9(10)3-8/h8-10,12-13H,1-7H2. The topological polar surface area (TPSA) is 32.3 Å². The first-order valence-electron chi connectivity index (χ1n) is 5.68. The molecule has 13 heavy (non-hydrogen) atoms. The summed E-state index contributed by atoms with van der Waals surface area (Å²) in [7, 11) is 0. The SMILES string of the molecule is OC1(CC2CC3CCC2C3)CNC1. The number of rotatable bonds is 2. The lowest BCUT2D eigenvalue weighted by molar-refractivity contribution is -0.0364. The Morgan fingerprint density at radius 2 is 2.08 bits per heavy atom. The Kier molecular flexibility index (Phi) is 1.72. The summed E-state index contributed by atoms with van der Waals surface area (Å²) in [5, 5.41) is 13.2. The van der Waals surface area contributed by atoms with Crippen LogP contribution in [0.1, 0.15) is 32.1 Å². The highest BCUT2D eigenvalue weighted by molar-refractivity contribution is 4.99. The molecule has 0 aromatic carbocycles. The van der Waals surface area contributed by atoms with Crippen LogP contribution in [0.4, 0.5) is 0 Å². The molecule has 0 aromatic heterocycles. The average molecular weight is 181 g/mol. The predicted molar refractivity (Wildman–Crippen MR) is 51.4 cm³/mol. The molecule has 74 valence electrons. The maximum atomic E-state index is 10.0. The van der Waals surface area contributed by atoms with Gasteiger partial charge in [0.2, 0.25) is 0 Å². The molecule has 3 unspecified atom stereocenters. The molecule has 3 fully saturated rings. The maximum Gasteiger partial charge on any atom is 0.0897 e. The molecular formula is C11H19NO. The molecule has 0 aromatic rings. The summed E-state index contributed by atoms with van der Waals surface area (Å²) in [4.78, 5) is 0. The fourth-order valence-corrected chi connectivity index (χ4v) is 3.67. The molecule has 1 heterocycles. The summed E-state index contributed by atoms with van der Waals surface area (Å²) >= 11 is 0. The van der Waals surface area contributed by atoms with Gasteiger partial charge in [0.05, 0.1) is 5.60 Å². The van der Waals surface area contributed by atoms with Crippen LogP contribution in [0.5, 0.6) is 0 Å². The highest BCUT2D eigenvalue weighted by Crippen LogP contribution is 2.50. The Labute approximate surface area is 79.7 Å². The summed E-state index contributed by atoms with van der Waals surface area (Å²) < 4.78 is 0. The van der Waals surface area contributed by atoms with Crippen molar-refractivity contribution < 1.29 is 5.11 Å². The van der Waals surface area contributed by atoms with E-state index in [1.54, 1.807) is 0 Å². The maximum absolute atomic E-state index is 10.0. The zero-order valence-corrected chi connectivity index (χ0v) is 8.13. The molecule has 2 heteroatoms. The third-order valence-corrected chi connectivity index (χ3v) is 4.43. The van der Waals surface area contributed by atoms with Gasteiger partial charge in [0.25, 0.3) is 0 Å². The normalized spacial score (nSPS) is 46.4. The van der Waals surface area contributed by atoms with Gasteiger partial charge in [0, 0.05) is 13.1 Å². The highest BCUT2D eigenvalue weighted by Gasteiger charge is 2.45. The van der Waals surface area contributed by atoms with Gasteiger partial charge in [0.15, 0.2) is 0 Å². The third-order valence-electron chi connectivity index (χ3n) is 4.43. The van der Waals surface area contributed by atoms with Gasteiger partial charge in [-0.3, -0.25) is 0 Å². The van der Waals surface area contributed by atoms with Crippen LogP contribution >= 0.6 is 0 Å². The molecule has 2 aliphatic carbocycles. The van der Waals surface area contributed by atoms with Gasteiger partial charge in [-0.05, 0) is 43.4 Å². The second-order valence-electron chi connectivity index (χ2n) is 5.47. The molecule has 1 aliphatic heterocycles. The van der Waals surface area contributed by atoms with Crippen LogP contribution in [0.2, 0.25) is 0 Å². The van der Waals surface area contributed by atoms with Crippen LogP contribution in [0.3, 0.4) is 0 Å². The van der Waals surface area contributed by atoms with E-state index in [9.17, 15) is 5.11 Å². The highest BCUT2D eigenvalue weighted by atomic mass is 16.3. The minimum absolute atomic E-state index is 0.324. The van der Waals surface area contributed by atoms with E-state index in [0.717, 1.165) is 37.3 Å². The summed E-state index contributed by atoms with van der Waals surface area (Å²) in [5.74, 6) is 2.84. The van der Waals surface area contributed by atoms with Gasteiger partial charge in [0.1, 0.15) is 0 Å². The van der Waals surface area contributed by atoms with Crippen molar-refractivity contribution in [3.63, 3.8) is 0 Å². The van der Waals surface area contributed by atoms with E-state index >= 15 is 0 Å². The zero-order chi connectivity index (χ0) is 8.89. The minimum Gasteiger partial charge on any atom is -0.387 e. The van der Waals surface area contributed by atoms with Crippen LogP contribution in [-0.4, -0.2) is 23.8 Å². The Bertz CT molecular complexity index is 212. The Morgan fingerprint density at radius 3 is 2.54 bits per heavy atom. The molecule has 2 bridgehead atoms. The molecule has 2 N–H and O–H groups in total. The lowest BCUT2D eigenvalue weighted by atomic mass is 9.78. The van der Waals surface area contributed by atoms with Crippen molar-refractivity contribution in [2.45, 2.75) is 37.7 Å². The predicted octanol–water partition coefficient (Wildman–Crippen LogP) is 1.15. The van der Waals surface area contributed by atoms with Gasteiger partial charge in [-0.25, -0.2) is 0 Å². The van der Waals surface area contributed by atoms with E-state index in [0.29, 0.717) is 0 Å². The number of nitrogens with one attached hydrogen (secondary N) is 1. The molecule has 0 amide bonds. The lowest BCUT2D eigenvalue weighted by Gasteiger charge is -2.41. The van der Waals surface area contributed by atoms with E-state index in [2.05, 4.69) is 5.32 Å². The van der Waals surface area contributed by atoms with E-state index in [-0.39, 0.29) is 5.60 Å². The molecule has 3 atom stereocenters.